The van der Waals surface area contributed by atoms with Crippen LogP contribution in [0.2, 0.25) is 0 Å². The number of hydrogen-bond donors (Lipinski definition) is 2. The molecule has 0 fully saturated rings. The zero-order valence-electron chi connectivity index (χ0n) is 16.0. The molecule has 1 aromatic rings. The molecule has 0 heterocycles. The van der Waals surface area contributed by atoms with E-state index in [1.807, 2.05) is 24.3 Å². The smallest absolute Gasteiger partial charge is 0.239 e. The average Bonchev–Trinajstić information content (AvgIpc) is 2.50. The van der Waals surface area contributed by atoms with Gasteiger partial charge in [0.25, 0.3) is 0 Å². The Morgan fingerprint density at radius 2 is 1.58 bits per heavy atom. The third-order valence-electron chi connectivity index (χ3n) is 4.18. The first-order chi connectivity index (χ1) is 11.1. The largest absolute Gasteiger partial charge is 0.355 e. The fourth-order valence-electron chi connectivity index (χ4n) is 2.43. The molecule has 0 spiro atoms. The van der Waals surface area contributed by atoms with E-state index in [0.29, 0.717) is 6.54 Å². The number of rotatable bonds is 7. The highest BCUT2D eigenvalue weighted by Gasteiger charge is 2.36. The number of hydrogen-bond acceptors (Lipinski definition) is 2. The van der Waals surface area contributed by atoms with Gasteiger partial charge in [-0.1, -0.05) is 58.7 Å². The Morgan fingerprint density at radius 1 is 0.958 bits per heavy atom. The summed E-state index contributed by atoms with van der Waals surface area (Å²) in [5.41, 5.74) is 0.618. The van der Waals surface area contributed by atoms with Crippen molar-refractivity contribution in [1.29, 1.82) is 0 Å². The molecule has 2 amide bonds. The van der Waals surface area contributed by atoms with Gasteiger partial charge in [-0.15, -0.1) is 0 Å². The molecule has 4 nitrogen and oxygen atoms in total. The van der Waals surface area contributed by atoms with E-state index in [1.54, 1.807) is 13.8 Å². The van der Waals surface area contributed by atoms with E-state index in [2.05, 4.69) is 38.3 Å². The standard InChI is InChI=1S/C20H32N2O2/c1-7-8-11-14-21-17(23)20(5,6)18(24)22-16-13-10-9-12-15(16)19(2,3)4/h9-10,12-13H,7-8,11,14H2,1-6H3,(H,21,23)(H,22,24). The highest BCUT2D eigenvalue weighted by molar-refractivity contribution is 6.10. The van der Waals surface area contributed by atoms with Crippen LogP contribution in [0.1, 0.15) is 66.4 Å². The summed E-state index contributed by atoms with van der Waals surface area (Å²) in [6.45, 7) is 12.4. The van der Waals surface area contributed by atoms with Crippen LogP contribution < -0.4 is 10.6 Å². The Hall–Kier alpha value is -1.84. The average molecular weight is 332 g/mol. The molecule has 1 rings (SSSR count). The first-order valence-electron chi connectivity index (χ1n) is 8.80. The minimum Gasteiger partial charge on any atom is -0.355 e. The molecule has 0 bridgehead atoms. The molecule has 0 aliphatic heterocycles. The molecule has 0 saturated carbocycles. The molecule has 2 N–H and O–H groups in total. The molecule has 24 heavy (non-hydrogen) atoms. The van der Waals surface area contributed by atoms with Crippen molar-refractivity contribution in [3.8, 4) is 0 Å². The Bertz CT molecular complexity index is 571. The third kappa shape index (κ3) is 5.36. The fraction of sp³-hybridized carbons (Fsp3) is 0.600. The molecule has 0 aromatic heterocycles. The number of carbonyl (C=O) groups excluding carboxylic acids is 2. The van der Waals surface area contributed by atoms with Crippen molar-refractivity contribution >= 4 is 17.5 Å². The summed E-state index contributed by atoms with van der Waals surface area (Å²) in [5, 5.41) is 5.81. The number of para-hydroxylation sites is 1. The van der Waals surface area contributed by atoms with Crippen LogP contribution >= 0.6 is 0 Å². The molecule has 0 atom stereocenters. The Balaban J connectivity index is 2.81. The molecule has 0 saturated heterocycles. The first-order valence-corrected chi connectivity index (χ1v) is 8.80. The van der Waals surface area contributed by atoms with Crippen molar-refractivity contribution < 1.29 is 9.59 Å². The lowest BCUT2D eigenvalue weighted by atomic mass is 9.85. The Morgan fingerprint density at radius 3 is 2.17 bits per heavy atom. The van der Waals surface area contributed by atoms with Crippen LogP contribution in [0.5, 0.6) is 0 Å². The maximum atomic E-state index is 12.7. The van der Waals surface area contributed by atoms with E-state index in [-0.39, 0.29) is 17.2 Å². The number of carbonyl (C=O) groups is 2. The second kappa shape index (κ2) is 8.32. The Kier molecular flexibility index (Phi) is 7.00. The highest BCUT2D eigenvalue weighted by Crippen LogP contribution is 2.30. The second-order valence-corrected chi connectivity index (χ2v) is 7.84. The molecule has 0 aliphatic carbocycles. The molecular weight excluding hydrogens is 300 g/mol. The van der Waals surface area contributed by atoms with Crippen molar-refractivity contribution in [3.05, 3.63) is 29.8 Å². The lowest BCUT2D eigenvalue weighted by Crippen LogP contribution is -2.45. The van der Waals surface area contributed by atoms with E-state index in [1.165, 1.54) is 0 Å². The van der Waals surface area contributed by atoms with Gasteiger partial charge in [0.1, 0.15) is 5.41 Å². The molecular formula is C20H32N2O2. The number of benzene rings is 1. The summed E-state index contributed by atoms with van der Waals surface area (Å²) in [5.74, 6) is -0.517. The van der Waals surface area contributed by atoms with Gasteiger partial charge < -0.3 is 10.6 Å². The molecule has 0 radical (unpaired) electrons. The fourth-order valence-corrected chi connectivity index (χ4v) is 2.43. The maximum absolute atomic E-state index is 12.7. The third-order valence-corrected chi connectivity index (χ3v) is 4.18. The molecule has 0 unspecified atom stereocenters. The summed E-state index contributed by atoms with van der Waals surface area (Å²) >= 11 is 0. The van der Waals surface area contributed by atoms with E-state index in [9.17, 15) is 9.59 Å². The quantitative estimate of drug-likeness (QED) is 0.579. The van der Waals surface area contributed by atoms with E-state index in [0.717, 1.165) is 30.5 Å². The monoisotopic (exact) mass is 332 g/mol. The van der Waals surface area contributed by atoms with Crippen LogP contribution in [0.25, 0.3) is 0 Å². The summed E-state index contributed by atoms with van der Waals surface area (Å²) in [7, 11) is 0. The van der Waals surface area contributed by atoms with Crippen molar-refractivity contribution in [1.82, 2.24) is 5.32 Å². The maximum Gasteiger partial charge on any atom is 0.239 e. The lowest BCUT2D eigenvalue weighted by Gasteiger charge is -2.26. The van der Waals surface area contributed by atoms with E-state index in [4.69, 9.17) is 0 Å². The minimum atomic E-state index is -1.11. The second-order valence-electron chi connectivity index (χ2n) is 7.84. The van der Waals surface area contributed by atoms with Gasteiger partial charge in [0.05, 0.1) is 0 Å². The van der Waals surface area contributed by atoms with Crippen LogP contribution in [0.3, 0.4) is 0 Å². The predicted molar refractivity (Wildman–Crippen MR) is 100 cm³/mol. The van der Waals surface area contributed by atoms with Crippen molar-refractivity contribution in [2.45, 2.75) is 66.2 Å². The van der Waals surface area contributed by atoms with Gasteiger partial charge in [-0.25, -0.2) is 0 Å². The van der Waals surface area contributed by atoms with Gasteiger partial charge in [-0.3, -0.25) is 9.59 Å². The summed E-state index contributed by atoms with van der Waals surface area (Å²) in [6, 6.07) is 7.74. The van der Waals surface area contributed by atoms with Gasteiger partial charge in [0.15, 0.2) is 0 Å². The van der Waals surface area contributed by atoms with Crippen molar-refractivity contribution in [3.63, 3.8) is 0 Å². The SMILES string of the molecule is CCCCCNC(=O)C(C)(C)C(=O)Nc1ccccc1C(C)(C)C. The van der Waals surface area contributed by atoms with Gasteiger partial charge >= 0.3 is 0 Å². The van der Waals surface area contributed by atoms with Gasteiger partial charge in [0, 0.05) is 12.2 Å². The van der Waals surface area contributed by atoms with Crippen molar-refractivity contribution in [2.24, 2.45) is 5.41 Å². The Labute approximate surface area is 146 Å². The van der Waals surface area contributed by atoms with Crippen LogP contribution in [0.4, 0.5) is 5.69 Å². The topological polar surface area (TPSA) is 58.2 Å². The number of unbranched alkanes of at least 4 members (excludes halogenated alkanes) is 2. The van der Waals surface area contributed by atoms with Crippen LogP contribution in [-0.4, -0.2) is 18.4 Å². The first kappa shape index (κ1) is 20.2. The van der Waals surface area contributed by atoms with Crippen LogP contribution in [0, 0.1) is 5.41 Å². The lowest BCUT2D eigenvalue weighted by molar-refractivity contribution is -0.138. The predicted octanol–water partition coefficient (Wildman–Crippen LogP) is 4.26. The molecule has 4 heteroatoms. The van der Waals surface area contributed by atoms with Gasteiger partial charge in [-0.05, 0) is 37.3 Å². The zero-order chi connectivity index (χ0) is 18.4. The number of nitrogens with one attached hydrogen (secondary N) is 2. The summed E-state index contributed by atoms with van der Waals surface area (Å²) in [4.78, 5) is 25.0. The van der Waals surface area contributed by atoms with E-state index < -0.39 is 5.41 Å². The van der Waals surface area contributed by atoms with Crippen molar-refractivity contribution in [2.75, 3.05) is 11.9 Å². The number of anilines is 1. The number of amides is 2. The van der Waals surface area contributed by atoms with Gasteiger partial charge in [-0.2, -0.15) is 0 Å². The minimum absolute atomic E-state index is 0.0869. The van der Waals surface area contributed by atoms with Crippen LogP contribution in [-0.2, 0) is 15.0 Å². The van der Waals surface area contributed by atoms with Gasteiger partial charge in [0.2, 0.25) is 11.8 Å². The summed E-state index contributed by atoms with van der Waals surface area (Å²) in [6.07, 6.45) is 3.11. The summed E-state index contributed by atoms with van der Waals surface area (Å²) < 4.78 is 0. The van der Waals surface area contributed by atoms with E-state index >= 15 is 0 Å². The zero-order valence-corrected chi connectivity index (χ0v) is 16.0. The molecule has 1 aromatic carbocycles. The molecule has 0 aliphatic rings. The highest BCUT2D eigenvalue weighted by atomic mass is 16.2. The normalized spacial score (nSPS) is 11.9. The van der Waals surface area contributed by atoms with Crippen LogP contribution in [0.15, 0.2) is 24.3 Å². The molecule has 134 valence electrons.